The van der Waals surface area contributed by atoms with Crippen LogP contribution in [0.2, 0.25) is 0 Å². The molecule has 0 aliphatic rings. The quantitative estimate of drug-likeness (QED) is 0.280. The van der Waals surface area contributed by atoms with Gasteiger partial charge in [0.25, 0.3) is 0 Å². The lowest BCUT2D eigenvalue weighted by Gasteiger charge is -2.26. The van der Waals surface area contributed by atoms with Crippen molar-refractivity contribution >= 4 is 15.9 Å². The minimum absolute atomic E-state index is 0. The summed E-state index contributed by atoms with van der Waals surface area (Å²) in [4.78, 5) is 0. The maximum absolute atomic E-state index is 3.51. The number of halogens is 2. The number of quaternary nitrogens is 1. The molecule has 0 unspecified atom stereocenters. The molecule has 0 atom stereocenters. The summed E-state index contributed by atoms with van der Waals surface area (Å²) in [6.07, 6.45) is 5.49. The number of nitrogens with zero attached hydrogens (tertiary/aromatic N) is 1. The molecule has 0 aromatic rings. The van der Waals surface area contributed by atoms with E-state index in [0.29, 0.717) is 0 Å². The van der Waals surface area contributed by atoms with Crippen LogP contribution in [0.3, 0.4) is 0 Å². The van der Waals surface area contributed by atoms with Crippen LogP contribution in [-0.4, -0.2) is 30.6 Å². The molecule has 0 aromatic heterocycles. The van der Waals surface area contributed by atoms with Gasteiger partial charge in [-0.1, -0.05) is 19.8 Å². The SMILES string of the molecule is CCCCCC[N+](C)(C)CBr.[Br-]. The molecule has 0 aromatic carbocycles. The molecular weight excluding hydrogens is 282 g/mol. The van der Waals surface area contributed by atoms with E-state index in [1.807, 2.05) is 0 Å². The molecule has 0 N–H and O–H groups in total. The van der Waals surface area contributed by atoms with Gasteiger partial charge in [-0.2, -0.15) is 0 Å². The van der Waals surface area contributed by atoms with Gasteiger partial charge in [0.1, 0.15) is 5.45 Å². The van der Waals surface area contributed by atoms with Crippen molar-refractivity contribution in [2.24, 2.45) is 0 Å². The molecule has 3 heteroatoms. The normalized spacial score (nSPS) is 11.0. The molecular formula is C9H21Br2N. The standard InChI is InChI=1S/C9H21BrN.BrH/c1-4-5-6-7-8-11(2,3)9-10;/h4-9H2,1-3H3;1H/q+1;/p-1. The van der Waals surface area contributed by atoms with Gasteiger partial charge in [0.05, 0.1) is 20.6 Å². The molecule has 0 fully saturated rings. The Morgan fingerprint density at radius 3 is 2.08 bits per heavy atom. The first-order valence-corrected chi connectivity index (χ1v) is 5.62. The van der Waals surface area contributed by atoms with Crippen molar-refractivity contribution in [3.05, 3.63) is 0 Å². The minimum atomic E-state index is 0. The van der Waals surface area contributed by atoms with Gasteiger partial charge in [-0.05, 0) is 28.8 Å². The third kappa shape index (κ3) is 9.01. The largest absolute Gasteiger partial charge is 1.00 e. The van der Waals surface area contributed by atoms with Crippen molar-refractivity contribution in [2.45, 2.75) is 32.6 Å². The van der Waals surface area contributed by atoms with Crippen molar-refractivity contribution in [2.75, 3.05) is 26.1 Å². The Balaban J connectivity index is 0. The Morgan fingerprint density at radius 2 is 1.67 bits per heavy atom. The fourth-order valence-corrected chi connectivity index (χ4v) is 1.28. The lowest BCUT2D eigenvalue weighted by molar-refractivity contribution is -0.876. The van der Waals surface area contributed by atoms with Gasteiger partial charge in [-0.25, -0.2) is 0 Å². The highest BCUT2D eigenvalue weighted by Crippen LogP contribution is 2.06. The van der Waals surface area contributed by atoms with E-state index in [0.717, 1.165) is 9.94 Å². The van der Waals surface area contributed by atoms with E-state index in [1.54, 1.807) is 0 Å². The van der Waals surface area contributed by atoms with E-state index in [4.69, 9.17) is 0 Å². The number of alkyl halides is 1. The molecule has 0 radical (unpaired) electrons. The predicted molar refractivity (Wildman–Crippen MR) is 54.9 cm³/mol. The van der Waals surface area contributed by atoms with Crippen LogP contribution in [0, 0.1) is 0 Å². The predicted octanol–water partition coefficient (Wildman–Crippen LogP) is -0.000500. The Labute approximate surface area is 96.0 Å². The van der Waals surface area contributed by atoms with E-state index < -0.39 is 0 Å². The Hall–Kier alpha value is 0.920. The lowest BCUT2D eigenvalue weighted by Crippen LogP contribution is -3.00. The molecule has 0 rings (SSSR count). The number of rotatable bonds is 6. The van der Waals surface area contributed by atoms with Crippen molar-refractivity contribution in [3.8, 4) is 0 Å². The maximum atomic E-state index is 3.51. The summed E-state index contributed by atoms with van der Waals surface area (Å²) in [5.74, 6) is 0. The molecule has 0 spiro atoms. The van der Waals surface area contributed by atoms with Crippen LogP contribution >= 0.6 is 15.9 Å². The Bertz CT molecular complexity index is 94.5. The van der Waals surface area contributed by atoms with Gasteiger partial charge < -0.3 is 21.5 Å². The molecule has 0 saturated heterocycles. The van der Waals surface area contributed by atoms with E-state index >= 15 is 0 Å². The van der Waals surface area contributed by atoms with Crippen molar-refractivity contribution in [3.63, 3.8) is 0 Å². The highest BCUT2D eigenvalue weighted by atomic mass is 79.9. The van der Waals surface area contributed by atoms with Crippen LogP contribution in [0.5, 0.6) is 0 Å². The summed E-state index contributed by atoms with van der Waals surface area (Å²) in [5, 5.41) is 0. The average Bonchev–Trinajstić information content (AvgIpc) is 1.99. The van der Waals surface area contributed by atoms with Gasteiger partial charge in [0.15, 0.2) is 0 Å². The summed E-state index contributed by atoms with van der Waals surface area (Å²) in [7, 11) is 4.53. The molecule has 1 nitrogen and oxygen atoms in total. The zero-order valence-electron chi connectivity index (χ0n) is 8.45. The third-order valence-corrected chi connectivity index (χ3v) is 3.30. The van der Waals surface area contributed by atoms with E-state index in [-0.39, 0.29) is 17.0 Å². The molecule has 76 valence electrons. The highest BCUT2D eigenvalue weighted by molar-refractivity contribution is 9.09. The molecule has 0 heterocycles. The second-order valence-corrected chi connectivity index (χ2v) is 4.34. The van der Waals surface area contributed by atoms with Crippen LogP contribution in [0.25, 0.3) is 0 Å². The van der Waals surface area contributed by atoms with Crippen LogP contribution in [0.1, 0.15) is 32.6 Å². The monoisotopic (exact) mass is 301 g/mol. The summed E-state index contributed by atoms with van der Waals surface area (Å²) in [6, 6.07) is 0. The van der Waals surface area contributed by atoms with E-state index in [2.05, 4.69) is 36.9 Å². The van der Waals surface area contributed by atoms with Gasteiger partial charge in [-0.15, -0.1) is 0 Å². The summed E-state index contributed by atoms with van der Waals surface area (Å²) in [5.41, 5.74) is 1.07. The molecule has 0 saturated carbocycles. The number of hydrogen-bond donors (Lipinski definition) is 0. The fraction of sp³-hybridized carbons (Fsp3) is 1.00. The van der Waals surface area contributed by atoms with Gasteiger partial charge >= 0.3 is 0 Å². The Morgan fingerprint density at radius 1 is 1.08 bits per heavy atom. The first-order valence-electron chi connectivity index (χ1n) is 4.50. The number of hydrogen-bond acceptors (Lipinski definition) is 0. The lowest BCUT2D eigenvalue weighted by atomic mass is 10.2. The smallest absolute Gasteiger partial charge is 0.133 e. The van der Waals surface area contributed by atoms with Gasteiger partial charge in [0, 0.05) is 0 Å². The topological polar surface area (TPSA) is 0 Å². The van der Waals surface area contributed by atoms with Crippen LogP contribution < -0.4 is 17.0 Å². The highest BCUT2D eigenvalue weighted by Gasteiger charge is 2.10. The van der Waals surface area contributed by atoms with Crippen molar-refractivity contribution < 1.29 is 21.5 Å². The molecule has 12 heavy (non-hydrogen) atoms. The summed E-state index contributed by atoms with van der Waals surface area (Å²) in [6.45, 7) is 3.55. The van der Waals surface area contributed by atoms with E-state index in [1.165, 1.54) is 32.2 Å². The van der Waals surface area contributed by atoms with Crippen molar-refractivity contribution in [1.82, 2.24) is 0 Å². The van der Waals surface area contributed by atoms with Crippen LogP contribution in [0.15, 0.2) is 0 Å². The first-order chi connectivity index (χ1) is 5.12. The second kappa shape index (κ2) is 8.52. The third-order valence-electron chi connectivity index (χ3n) is 1.94. The van der Waals surface area contributed by atoms with Gasteiger partial charge in [0.2, 0.25) is 0 Å². The summed E-state index contributed by atoms with van der Waals surface area (Å²) < 4.78 is 1.10. The maximum Gasteiger partial charge on any atom is 0.133 e. The minimum Gasteiger partial charge on any atom is -1.00 e. The summed E-state index contributed by atoms with van der Waals surface area (Å²) >= 11 is 3.51. The molecule has 0 bridgehead atoms. The molecule has 0 aliphatic carbocycles. The Kier molecular flexibility index (Phi) is 10.9. The zero-order chi connectivity index (χ0) is 8.74. The van der Waals surface area contributed by atoms with E-state index in [9.17, 15) is 0 Å². The molecule has 0 aliphatic heterocycles. The second-order valence-electron chi connectivity index (χ2n) is 3.84. The molecule has 0 amide bonds. The first kappa shape index (κ1) is 15.4. The number of unbranched alkanes of at least 4 members (excludes halogenated alkanes) is 3. The van der Waals surface area contributed by atoms with Gasteiger partial charge in [-0.3, -0.25) is 0 Å². The fourth-order valence-electron chi connectivity index (χ4n) is 1.03. The van der Waals surface area contributed by atoms with Crippen molar-refractivity contribution in [1.29, 1.82) is 0 Å². The van der Waals surface area contributed by atoms with Crippen LogP contribution in [-0.2, 0) is 0 Å². The average molecular weight is 303 g/mol. The zero-order valence-corrected chi connectivity index (χ0v) is 11.6. The van der Waals surface area contributed by atoms with Crippen LogP contribution in [0.4, 0.5) is 0 Å².